The number of carboxylic acid groups (broad SMARTS) is 1. The van der Waals surface area contributed by atoms with Crippen molar-refractivity contribution >= 4 is 40.0 Å². The van der Waals surface area contributed by atoms with E-state index in [2.05, 4.69) is 15.4 Å². The van der Waals surface area contributed by atoms with E-state index in [0.29, 0.717) is 66.5 Å². The molecule has 2 aromatic heterocycles. The van der Waals surface area contributed by atoms with Crippen LogP contribution in [0.25, 0.3) is 11.0 Å². The third-order valence-electron chi connectivity index (χ3n) is 5.25. The number of amides is 1. The Morgan fingerprint density at radius 2 is 2.06 bits per heavy atom. The molecule has 0 saturated carbocycles. The number of nitrogens with zero attached hydrogens (tertiary/aromatic N) is 4. The van der Waals surface area contributed by atoms with Crippen molar-refractivity contribution in [1.29, 1.82) is 0 Å². The summed E-state index contributed by atoms with van der Waals surface area (Å²) in [6.45, 7) is 5.72. The fraction of sp³-hybridized carbons (Fsp3) is 0.429. The number of aromatic nitrogens is 4. The van der Waals surface area contributed by atoms with E-state index in [4.69, 9.17) is 4.74 Å². The van der Waals surface area contributed by atoms with E-state index >= 15 is 0 Å². The molecule has 0 fully saturated rings. The second kappa shape index (κ2) is 9.31. The Hall–Kier alpha value is -2.89. The number of carbonyl (C=O) groups excluding carboxylic acids is 1. The van der Waals surface area contributed by atoms with Crippen molar-refractivity contribution in [2.45, 2.75) is 44.7 Å². The van der Waals surface area contributed by atoms with Crippen LogP contribution < -0.4 is 5.32 Å². The maximum absolute atomic E-state index is 13.1. The van der Waals surface area contributed by atoms with E-state index in [1.165, 1.54) is 12.1 Å². The van der Waals surface area contributed by atoms with Gasteiger partial charge in [-0.15, -0.1) is 0 Å². The Bertz CT molecular complexity index is 1170. The van der Waals surface area contributed by atoms with E-state index < -0.39 is 17.1 Å². The lowest BCUT2D eigenvalue weighted by Crippen LogP contribution is -2.20. The number of nitrogens with one attached hydrogen (secondary N) is 1. The quantitative estimate of drug-likeness (QED) is 0.572. The monoisotopic (exact) mass is 459 g/mol. The van der Waals surface area contributed by atoms with Crippen molar-refractivity contribution in [3.05, 3.63) is 35.2 Å². The van der Waals surface area contributed by atoms with Gasteiger partial charge in [0.05, 0.1) is 23.4 Å². The Kier molecular flexibility index (Phi) is 6.49. The molecule has 10 nitrogen and oxygen atoms in total. The van der Waals surface area contributed by atoms with Gasteiger partial charge in [0, 0.05) is 32.2 Å². The minimum absolute atomic E-state index is 0.00850. The number of ether oxygens (including phenoxy) is 1. The number of aromatic carboxylic acids is 1. The van der Waals surface area contributed by atoms with Gasteiger partial charge in [-0.1, -0.05) is 0 Å². The minimum Gasteiger partial charge on any atom is -0.611 e. The van der Waals surface area contributed by atoms with Crippen LogP contribution in [0.2, 0.25) is 0 Å². The molecule has 4 rings (SSSR count). The summed E-state index contributed by atoms with van der Waals surface area (Å²) in [5.41, 5.74) is 2.09. The lowest BCUT2D eigenvalue weighted by atomic mass is 10.2. The molecule has 170 valence electrons. The number of benzene rings is 1. The molecule has 1 aromatic carbocycles. The molecule has 0 spiro atoms. The maximum Gasteiger partial charge on any atom is 0.335 e. The van der Waals surface area contributed by atoms with E-state index in [1.807, 2.05) is 13.8 Å². The molecular formula is C21H25N5O5S. The molecule has 3 heterocycles. The molecule has 1 unspecified atom stereocenters. The molecule has 1 amide bonds. The average Bonchev–Trinajstić information content (AvgIpc) is 3.30. The fourth-order valence-electron chi connectivity index (χ4n) is 3.80. The highest BCUT2D eigenvalue weighted by Crippen LogP contribution is 2.30. The predicted molar refractivity (Wildman–Crippen MR) is 119 cm³/mol. The zero-order valence-corrected chi connectivity index (χ0v) is 18.8. The Morgan fingerprint density at radius 1 is 1.28 bits per heavy atom. The molecule has 1 aliphatic heterocycles. The predicted octanol–water partition coefficient (Wildman–Crippen LogP) is 2.43. The highest BCUT2D eigenvalue weighted by Gasteiger charge is 2.26. The number of imidazole rings is 1. The highest BCUT2D eigenvalue weighted by atomic mass is 32.2. The Morgan fingerprint density at radius 3 is 2.81 bits per heavy atom. The summed E-state index contributed by atoms with van der Waals surface area (Å²) in [7, 11) is 0. The summed E-state index contributed by atoms with van der Waals surface area (Å²) in [6, 6.07) is 4.59. The average molecular weight is 460 g/mol. The zero-order valence-electron chi connectivity index (χ0n) is 18.0. The largest absolute Gasteiger partial charge is 0.611 e. The zero-order chi connectivity index (χ0) is 22.8. The van der Waals surface area contributed by atoms with Gasteiger partial charge in [-0.2, -0.15) is 5.10 Å². The van der Waals surface area contributed by atoms with Gasteiger partial charge < -0.3 is 19.0 Å². The van der Waals surface area contributed by atoms with Gasteiger partial charge in [0.1, 0.15) is 17.0 Å². The van der Waals surface area contributed by atoms with Crippen LogP contribution in [-0.2, 0) is 29.0 Å². The van der Waals surface area contributed by atoms with Crippen molar-refractivity contribution < 1.29 is 24.0 Å². The molecule has 0 bridgehead atoms. The van der Waals surface area contributed by atoms with Gasteiger partial charge in [0.25, 0.3) is 5.91 Å². The van der Waals surface area contributed by atoms with E-state index in [-0.39, 0.29) is 17.4 Å². The minimum atomic E-state index is -1.44. The number of aryl methyl sites for hydroxylation is 3. The first-order valence-corrected chi connectivity index (χ1v) is 11.8. The van der Waals surface area contributed by atoms with Crippen LogP contribution in [0, 0.1) is 6.92 Å². The van der Waals surface area contributed by atoms with Crippen LogP contribution in [0.3, 0.4) is 0 Å². The first-order chi connectivity index (χ1) is 15.4. The summed E-state index contributed by atoms with van der Waals surface area (Å²) >= 11 is -1.44. The van der Waals surface area contributed by atoms with Gasteiger partial charge in [0.15, 0.2) is 4.90 Å². The molecule has 1 atom stereocenters. The molecule has 32 heavy (non-hydrogen) atoms. The van der Waals surface area contributed by atoms with Crippen LogP contribution in [0.4, 0.5) is 5.95 Å². The molecule has 1 aliphatic rings. The lowest BCUT2D eigenvalue weighted by Gasteiger charge is -2.14. The number of carboxylic acids is 1. The third-order valence-corrected chi connectivity index (χ3v) is 6.71. The van der Waals surface area contributed by atoms with Gasteiger partial charge in [0.2, 0.25) is 5.95 Å². The van der Waals surface area contributed by atoms with Crippen LogP contribution in [0.15, 0.2) is 23.1 Å². The molecule has 0 aliphatic carbocycles. The van der Waals surface area contributed by atoms with Gasteiger partial charge >= 0.3 is 5.97 Å². The Balaban J connectivity index is 1.83. The van der Waals surface area contributed by atoms with Crippen molar-refractivity contribution in [3.63, 3.8) is 0 Å². The van der Waals surface area contributed by atoms with E-state index in [1.54, 1.807) is 15.3 Å². The van der Waals surface area contributed by atoms with Crippen molar-refractivity contribution in [2.75, 3.05) is 24.3 Å². The normalized spacial score (nSPS) is 17.2. The van der Waals surface area contributed by atoms with Crippen molar-refractivity contribution in [2.24, 2.45) is 0 Å². The van der Waals surface area contributed by atoms with Gasteiger partial charge in [-0.3, -0.25) is 14.8 Å². The first kappa shape index (κ1) is 22.3. The summed E-state index contributed by atoms with van der Waals surface area (Å²) in [5.74, 6) is -0.877. The molecule has 3 aromatic rings. The standard InChI is InChI=1S/C21H25N5O5S/c1-3-26-16(10-13(2)24-26)19(27)23-21-22-15-11-14(20(28)29)12-17-18(15)25(21)6-4-7-31-8-5-9-32(17)30/h10-12H,3-9H2,1-2H3,(H,28,29)(H,22,23,27). The Labute approximate surface area is 187 Å². The summed E-state index contributed by atoms with van der Waals surface area (Å²) < 4.78 is 22.1. The third kappa shape index (κ3) is 4.36. The maximum atomic E-state index is 13.1. The van der Waals surface area contributed by atoms with Crippen LogP contribution >= 0.6 is 0 Å². The molecule has 2 N–H and O–H groups in total. The smallest absolute Gasteiger partial charge is 0.335 e. The van der Waals surface area contributed by atoms with E-state index in [9.17, 15) is 19.2 Å². The van der Waals surface area contributed by atoms with Crippen LogP contribution in [0.5, 0.6) is 0 Å². The SMILES string of the molecule is CCn1nc(C)cc1C(=O)Nc1nc2cc(C(=O)O)cc3c2n1CCCOCCC[S+]3[O-]. The molecule has 11 heteroatoms. The number of rotatable bonds is 4. The van der Waals surface area contributed by atoms with Gasteiger partial charge in [-0.05, 0) is 43.6 Å². The lowest BCUT2D eigenvalue weighted by molar-refractivity contribution is 0.0696. The topological polar surface area (TPSA) is 134 Å². The second-order valence-electron chi connectivity index (χ2n) is 7.54. The summed E-state index contributed by atoms with van der Waals surface area (Å²) in [5, 5.41) is 16.7. The van der Waals surface area contributed by atoms with Gasteiger partial charge in [-0.25, -0.2) is 9.78 Å². The molecule has 0 saturated heterocycles. The van der Waals surface area contributed by atoms with E-state index in [0.717, 1.165) is 5.69 Å². The van der Waals surface area contributed by atoms with Crippen LogP contribution in [-0.4, -0.2) is 59.8 Å². The number of carbonyl (C=O) groups is 2. The summed E-state index contributed by atoms with van der Waals surface area (Å²) in [4.78, 5) is 29.6. The second-order valence-corrected chi connectivity index (χ2v) is 9.08. The highest BCUT2D eigenvalue weighted by molar-refractivity contribution is 7.91. The number of anilines is 1. The summed E-state index contributed by atoms with van der Waals surface area (Å²) in [6.07, 6.45) is 1.26. The fourth-order valence-corrected chi connectivity index (χ4v) is 5.09. The van der Waals surface area contributed by atoms with Crippen LogP contribution in [0.1, 0.15) is 46.3 Å². The molecule has 0 radical (unpaired) electrons. The molecular weight excluding hydrogens is 434 g/mol. The van der Waals surface area contributed by atoms with Crippen molar-refractivity contribution in [1.82, 2.24) is 19.3 Å². The first-order valence-electron chi connectivity index (χ1n) is 10.5. The number of hydrogen-bond donors (Lipinski definition) is 2. The van der Waals surface area contributed by atoms with Crippen molar-refractivity contribution in [3.8, 4) is 0 Å². The number of hydrogen-bond acceptors (Lipinski definition) is 6.